The summed E-state index contributed by atoms with van der Waals surface area (Å²) in [5.74, 6) is 0.853. The monoisotopic (exact) mass is 304 g/mol. The molecule has 1 N–H and O–H groups in total. The lowest BCUT2D eigenvalue weighted by molar-refractivity contribution is 0.0242. The van der Waals surface area contributed by atoms with E-state index in [4.69, 9.17) is 9.84 Å². The van der Waals surface area contributed by atoms with Crippen LogP contribution in [-0.4, -0.2) is 60.8 Å². The normalized spacial score (nSPS) is 22.0. The largest absolute Gasteiger partial charge is 0.392 e. The van der Waals surface area contributed by atoms with E-state index in [-0.39, 0.29) is 6.61 Å². The van der Waals surface area contributed by atoms with Crippen LogP contribution in [0.1, 0.15) is 24.0 Å². The van der Waals surface area contributed by atoms with Crippen molar-refractivity contribution in [3.63, 3.8) is 0 Å². The molecule has 122 valence electrons. The van der Waals surface area contributed by atoms with E-state index in [1.54, 1.807) is 0 Å². The molecule has 0 amide bonds. The average molecular weight is 304 g/mol. The second-order valence-corrected chi connectivity index (χ2v) is 6.61. The number of ether oxygens (including phenoxy) is 1. The Balaban J connectivity index is 1.41. The van der Waals surface area contributed by atoms with Crippen molar-refractivity contribution in [2.24, 2.45) is 5.92 Å². The Morgan fingerprint density at radius 1 is 0.909 bits per heavy atom. The molecule has 0 bridgehead atoms. The van der Waals surface area contributed by atoms with Gasteiger partial charge in [0.25, 0.3) is 0 Å². The molecule has 0 aliphatic carbocycles. The van der Waals surface area contributed by atoms with E-state index in [1.165, 1.54) is 38.0 Å². The minimum atomic E-state index is 0.132. The number of likely N-dealkylation sites (tertiary alicyclic amines) is 1. The molecule has 2 aliphatic heterocycles. The molecule has 2 heterocycles. The summed E-state index contributed by atoms with van der Waals surface area (Å²) >= 11 is 0. The molecule has 0 atom stereocenters. The van der Waals surface area contributed by atoms with Gasteiger partial charge in [0.15, 0.2) is 0 Å². The maximum absolute atomic E-state index is 9.09. The number of benzene rings is 1. The van der Waals surface area contributed by atoms with Gasteiger partial charge in [-0.25, -0.2) is 0 Å². The zero-order chi connectivity index (χ0) is 15.2. The predicted octanol–water partition coefficient (Wildman–Crippen LogP) is 1.72. The van der Waals surface area contributed by atoms with Crippen LogP contribution in [0.2, 0.25) is 0 Å². The van der Waals surface area contributed by atoms with E-state index in [2.05, 4.69) is 21.9 Å². The fourth-order valence-electron chi connectivity index (χ4n) is 3.48. The fourth-order valence-corrected chi connectivity index (χ4v) is 3.48. The van der Waals surface area contributed by atoms with Gasteiger partial charge in [0, 0.05) is 26.2 Å². The van der Waals surface area contributed by atoms with Crippen LogP contribution in [0, 0.1) is 5.92 Å². The van der Waals surface area contributed by atoms with Crippen LogP contribution in [0.5, 0.6) is 0 Å². The van der Waals surface area contributed by atoms with Gasteiger partial charge in [0.2, 0.25) is 0 Å². The van der Waals surface area contributed by atoms with Gasteiger partial charge in [-0.2, -0.15) is 0 Å². The Morgan fingerprint density at radius 2 is 1.55 bits per heavy atom. The zero-order valence-electron chi connectivity index (χ0n) is 13.4. The van der Waals surface area contributed by atoms with Crippen molar-refractivity contribution in [3.05, 3.63) is 35.4 Å². The maximum Gasteiger partial charge on any atom is 0.0681 e. The predicted molar refractivity (Wildman–Crippen MR) is 87.6 cm³/mol. The summed E-state index contributed by atoms with van der Waals surface area (Å²) in [5, 5.41) is 9.09. The molecule has 2 aliphatic rings. The van der Waals surface area contributed by atoms with Crippen LogP contribution in [-0.2, 0) is 17.9 Å². The molecule has 0 saturated carbocycles. The summed E-state index contributed by atoms with van der Waals surface area (Å²) in [6, 6.07) is 8.35. The summed E-state index contributed by atoms with van der Waals surface area (Å²) < 4.78 is 5.42. The molecule has 1 aromatic carbocycles. The number of morpholine rings is 1. The topological polar surface area (TPSA) is 35.9 Å². The highest BCUT2D eigenvalue weighted by atomic mass is 16.5. The summed E-state index contributed by atoms with van der Waals surface area (Å²) in [5.41, 5.74) is 2.34. The van der Waals surface area contributed by atoms with Gasteiger partial charge in [-0.15, -0.1) is 0 Å². The molecule has 0 spiro atoms. The molecule has 4 nitrogen and oxygen atoms in total. The molecule has 4 heteroatoms. The lowest BCUT2D eigenvalue weighted by atomic mass is 9.95. The van der Waals surface area contributed by atoms with E-state index in [0.717, 1.165) is 44.3 Å². The van der Waals surface area contributed by atoms with Gasteiger partial charge in [0.05, 0.1) is 19.8 Å². The number of aliphatic hydroxyl groups excluding tert-OH is 1. The Morgan fingerprint density at radius 3 is 2.18 bits per heavy atom. The van der Waals surface area contributed by atoms with E-state index in [9.17, 15) is 0 Å². The van der Waals surface area contributed by atoms with Gasteiger partial charge in [0.1, 0.15) is 0 Å². The molecule has 3 rings (SSSR count). The van der Waals surface area contributed by atoms with E-state index in [1.807, 2.05) is 12.1 Å². The van der Waals surface area contributed by atoms with Gasteiger partial charge in [-0.05, 0) is 43.0 Å². The molecular formula is C18H28N2O2. The zero-order valence-corrected chi connectivity index (χ0v) is 13.4. The van der Waals surface area contributed by atoms with E-state index < -0.39 is 0 Å². The Bertz CT molecular complexity index is 435. The Kier molecular flexibility index (Phi) is 5.84. The first kappa shape index (κ1) is 15.9. The van der Waals surface area contributed by atoms with Crippen molar-refractivity contribution in [1.29, 1.82) is 0 Å². The van der Waals surface area contributed by atoms with Crippen LogP contribution in [0.15, 0.2) is 24.3 Å². The summed E-state index contributed by atoms with van der Waals surface area (Å²) in [4.78, 5) is 5.13. The van der Waals surface area contributed by atoms with Crippen molar-refractivity contribution in [1.82, 2.24) is 9.80 Å². The number of aliphatic hydroxyl groups is 1. The van der Waals surface area contributed by atoms with Crippen molar-refractivity contribution in [2.75, 3.05) is 45.9 Å². The van der Waals surface area contributed by atoms with Crippen molar-refractivity contribution < 1.29 is 9.84 Å². The van der Waals surface area contributed by atoms with Crippen LogP contribution in [0.3, 0.4) is 0 Å². The fraction of sp³-hybridized carbons (Fsp3) is 0.667. The Hall–Kier alpha value is -0.940. The lowest BCUT2D eigenvalue weighted by Crippen LogP contribution is -2.42. The van der Waals surface area contributed by atoms with Crippen molar-refractivity contribution in [3.8, 4) is 0 Å². The molecule has 1 aromatic rings. The van der Waals surface area contributed by atoms with E-state index >= 15 is 0 Å². The first-order valence-electron chi connectivity index (χ1n) is 8.54. The smallest absolute Gasteiger partial charge is 0.0681 e. The third-order valence-corrected chi connectivity index (χ3v) is 4.94. The molecule has 2 saturated heterocycles. The number of nitrogens with zero attached hydrogens (tertiary/aromatic N) is 2. The maximum atomic E-state index is 9.09. The first-order valence-corrected chi connectivity index (χ1v) is 8.54. The van der Waals surface area contributed by atoms with Crippen molar-refractivity contribution in [2.45, 2.75) is 26.0 Å². The molecule has 2 fully saturated rings. The number of rotatable bonds is 5. The summed E-state index contributed by atoms with van der Waals surface area (Å²) in [6.07, 6.45) is 2.62. The minimum absolute atomic E-state index is 0.132. The standard InChI is InChI=1S/C18H28N2O2/c21-15-18-3-1-16(2-4-18)13-19-7-5-17(6-8-19)14-20-9-11-22-12-10-20/h1-4,17,21H,5-15H2. The van der Waals surface area contributed by atoms with Crippen molar-refractivity contribution >= 4 is 0 Å². The van der Waals surface area contributed by atoms with Crippen LogP contribution >= 0.6 is 0 Å². The van der Waals surface area contributed by atoms with E-state index in [0.29, 0.717) is 0 Å². The molecule has 0 aromatic heterocycles. The molecule has 22 heavy (non-hydrogen) atoms. The van der Waals surface area contributed by atoms with Crippen LogP contribution in [0.4, 0.5) is 0 Å². The second-order valence-electron chi connectivity index (χ2n) is 6.61. The number of hydrogen-bond acceptors (Lipinski definition) is 4. The average Bonchev–Trinajstić information content (AvgIpc) is 2.58. The third-order valence-electron chi connectivity index (χ3n) is 4.94. The highest BCUT2D eigenvalue weighted by molar-refractivity contribution is 5.21. The van der Waals surface area contributed by atoms with Gasteiger partial charge in [-0.1, -0.05) is 24.3 Å². The highest BCUT2D eigenvalue weighted by Gasteiger charge is 2.22. The molecule has 0 unspecified atom stereocenters. The van der Waals surface area contributed by atoms with Gasteiger partial charge >= 0.3 is 0 Å². The first-order chi connectivity index (χ1) is 10.8. The lowest BCUT2D eigenvalue weighted by Gasteiger charge is -2.36. The van der Waals surface area contributed by atoms with Crippen LogP contribution in [0.25, 0.3) is 0 Å². The summed E-state index contributed by atoms with van der Waals surface area (Å²) in [7, 11) is 0. The SMILES string of the molecule is OCc1ccc(CN2CCC(CN3CCOCC3)CC2)cc1. The minimum Gasteiger partial charge on any atom is -0.392 e. The third kappa shape index (κ3) is 4.53. The quantitative estimate of drug-likeness (QED) is 0.898. The number of hydrogen-bond donors (Lipinski definition) is 1. The second kappa shape index (κ2) is 8.06. The summed E-state index contributed by atoms with van der Waals surface area (Å²) in [6.45, 7) is 8.86. The Labute approximate surface area is 133 Å². The highest BCUT2D eigenvalue weighted by Crippen LogP contribution is 2.20. The van der Waals surface area contributed by atoms with Gasteiger partial charge < -0.3 is 9.84 Å². The number of piperidine rings is 1. The molecular weight excluding hydrogens is 276 g/mol. The molecule has 0 radical (unpaired) electrons. The van der Waals surface area contributed by atoms with Gasteiger partial charge in [-0.3, -0.25) is 9.80 Å². The van der Waals surface area contributed by atoms with Crippen LogP contribution < -0.4 is 0 Å².